The molecule has 0 saturated carbocycles. The standard InChI is InChI=1S/C13H22N2O2/c1-15(7-8-16-2)13(10-14)11-5-4-6-12(9-11)17-3/h4-6,9,13H,7-8,10,14H2,1-3H3. The van der Waals surface area contributed by atoms with Gasteiger partial charge in [0, 0.05) is 26.2 Å². The molecule has 1 aromatic rings. The maximum Gasteiger partial charge on any atom is 0.119 e. The van der Waals surface area contributed by atoms with Crippen molar-refractivity contribution in [3.05, 3.63) is 29.8 Å². The van der Waals surface area contributed by atoms with Gasteiger partial charge in [-0.05, 0) is 24.7 Å². The largest absolute Gasteiger partial charge is 0.497 e. The number of rotatable bonds is 7. The highest BCUT2D eigenvalue weighted by molar-refractivity contribution is 5.30. The van der Waals surface area contributed by atoms with Crippen molar-refractivity contribution in [3.8, 4) is 5.75 Å². The molecule has 1 aromatic carbocycles. The highest BCUT2D eigenvalue weighted by atomic mass is 16.5. The summed E-state index contributed by atoms with van der Waals surface area (Å²) in [6.07, 6.45) is 0. The zero-order valence-electron chi connectivity index (χ0n) is 10.8. The van der Waals surface area contributed by atoms with Crippen molar-refractivity contribution in [2.75, 3.05) is 41.0 Å². The van der Waals surface area contributed by atoms with Crippen LogP contribution in [0.2, 0.25) is 0 Å². The van der Waals surface area contributed by atoms with Crippen LogP contribution < -0.4 is 10.5 Å². The lowest BCUT2D eigenvalue weighted by Crippen LogP contribution is -2.32. The molecule has 2 N–H and O–H groups in total. The van der Waals surface area contributed by atoms with E-state index >= 15 is 0 Å². The maximum atomic E-state index is 5.85. The van der Waals surface area contributed by atoms with Gasteiger partial charge >= 0.3 is 0 Å². The van der Waals surface area contributed by atoms with Crippen molar-refractivity contribution in [2.45, 2.75) is 6.04 Å². The molecule has 0 radical (unpaired) electrons. The lowest BCUT2D eigenvalue weighted by atomic mass is 10.1. The lowest BCUT2D eigenvalue weighted by molar-refractivity contribution is 0.140. The average molecular weight is 238 g/mol. The number of methoxy groups -OCH3 is 2. The summed E-state index contributed by atoms with van der Waals surface area (Å²) in [4.78, 5) is 2.19. The number of nitrogens with zero attached hydrogens (tertiary/aromatic N) is 1. The van der Waals surface area contributed by atoms with Gasteiger partial charge in [0.1, 0.15) is 5.75 Å². The SMILES string of the molecule is COCCN(C)C(CN)c1cccc(OC)c1. The van der Waals surface area contributed by atoms with Gasteiger partial charge in [0.15, 0.2) is 0 Å². The van der Waals surface area contributed by atoms with Gasteiger partial charge in [0.2, 0.25) is 0 Å². The third-order valence-corrected chi connectivity index (χ3v) is 2.88. The summed E-state index contributed by atoms with van der Waals surface area (Å²) >= 11 is 0. The van der Waals surface area contributed by atoms with E-state index in [1.807, 2.05) is 18.2 Å². The van der Waals surface area contributed by atoms with Crippen LogP contribution in [0.5, 0.6) is 5.75 Å². The highest BCUT2D eigenvalue weighted by Gasteiger charge is 2.15. The minimum atomic E-state index is 0.195. The Balaban J connectivity index is 2.77. The summed E-state index contributed by atoms with van der Waals surface area (Å²) in [6, 6.07) is 8.22. The topological polar surface area (TPSA) is 47.7 Å². The van der Waals surface area contributed by atoms with Gasteiger partial charge in [-0.1, -0.05) is 12.1 Å². The van der Waals surface area contributed by atoms with E-state index < -0.39 is 0 Å². The molecule has 0 heterocycles. The van der Waals surface area contributed by atoms with Crippen LogP contribution in [0.15, 0.2) is 24.3 Å². The Kier molecular flexibility index (Phi) is 5.97. The van der Waals surface area contributed by atoms with E-state index in [4.69, 9.17) is 15.2 Å². The van der Waals surface area contributed by atoms with Gasteiger partial charge < -0.3 is 15.2 Å². The van der Waals surface area contributed by atoms with Gasteiger partial charge in [-0.15, -0.1) is 0 Å². The van der Waals surface area contributed by atoms with E-state index in [2.05, 4.69) is 18.0 Å². The van der Waals surface area contributed by atoms with Crippen LogP contribution in [-0.4, -0.2) is 45.9 Å². The Morgan fingerprint density at radius 2 is 2.12 bits per heavy atom. The number of ether oxygens (including phenoxy) is 2. The predicted octanol–water partition coefficient (Wildman–Crippen LogP) is 1.27. The molecule has 1 unspecified atom stereocenters. The Hall–Kier alpha value is -1.10. The van der Waals surface area contributed by atoms with Crippen LogP contribution in [0.3, 0.4) is 0 Å². The first-order valence-electron chi connectivity index (χ1n) is 5.76. The summed E-state index contributed by atoms with van der Waals surface area (Å²) in [6.45, 7) is 2.14. The molecular formula is C13H22N2O2. The summed E-state index contributed by atoms with van der Waals surface area (Å²) in [5.74, 6) is 0.862. The molecule has 0 amide bonds. The summed E-state index contributed by atoms with van der Waals surface area (Å²) < 4.78 is 10.3. The minimum absolute atomic E-state index is 0.195. The van der Waals surface area contributed by atoms with Gasteiger partial charge in [-0.25, -0.2) is 0 Å². The van der Waals surface area contributed by atoms with Crippen molar-refractivity contribution in [1.29, 1.82) is 0 Å². The normalized spacial score (nSPS) is 12.8. The molecule has 96 valence electrons. The van der Waals surface area contributed by atoms with E-state index in [0.717, 1.165) is 12.3 Å². The lowest BCUT2D eigenvalue weighted by Gasteiger charge is -2.27. The molecule has 4 nitrogen and oxygen atoms in total. The monoisotopic (exact) mass is 238 g/mol. The number of hydrogen-bond acceptors (Lipinski definition) is 4. The second kappa shape index (κ2) is 7.27. The van der Waals surface area contributed by atoms with E-state index in [1.54, 1.807) is 14.2 Å². The summed E-state index contributed by atoms with van der Waals surface area (Å²) in [7, 11) is 5.43. The summed E-state index contributed by atoms with van der Waals surface area (Å²) in [5, 5.41) is 0. The number of hydrogen-bond donors (Lipinski definition) is 1. The smallest absolute Gasteiger partial charge is 0.119 e. The first kappa shape index (κ1) is 14.0. The van der Waals surface area contributed by atoms with Crippen LogP contribution in [0, 0.1) is 0 Å². The van der Waals surface area contributed by atoms with Crippen molar-refractivity contribution in [3.63, 3.8) is 0 Å². The Morgan fingerprint density at radius 1 is 1.35 bits per heavy atom. The van der Waals surface area contributed by atoms with E-state index in [1.165, 1.54) is 5.56 Å². The molecule has 0 aliphatic heterocycles. The first-order valence-corrected chi connectivity index (χ1v) is 5.76. The third-order valence-electron chi connectivity index (χ3n) is 2.88. The fourth-order valence-electron chi connectivity index (χ4n) is 1.81. The average Bonchev–Trinajstić information content (AvgIpc) is 2.37. The summed E-state index contributed by atoms with van der Waals surface area (Å²) in [5.41, 5.74) is 7.02. The molecular weight excluding hydrogens is 216 g/mol. The molecule has 0 aliphatic rings. The van der Waals surface area contributed by atoms with Crippen LogP contribution in [-0.2, 0) is 4.74 Å². The molecule has 0 bridgehead atoms. The molecule has 4 heteroatoms. The van der Waals surface area contributed by atoms with Gasteiger partial charge in [-0.3, -0.25) is 4.90 Å². The van der Waals surface area contributed by atoms with Crippen molar-refractivity contribution >= 4 is 0 Å². The number of benzene rings is 1. The molecule has 0 spiro atoms. The van der Waals surface area contributed by atoms with Crippen molar-refractivity contribution < 1.29 is 9.47 Å². The third kappa shape index (κ3) is 4.00. The van der Waals surface area contributed by atoms with Gasteiger partial charge in [-0.2, -0.15) is 0 Å². The minimum Gasteiger partial charge on any atom is -0.497 e. The first-order chi connectivity index (χ1) is 8.22. The molecule has 17 heavy (non-hydrogen) atoms. The fourth-order valence-corrected chi connectivity index (χ4v) is 1.81. The number of likely N-dealkylation sites (N-methyl/N-ethyl adjacent to an activating group) is 1. The van der Waals surface area contributed by atoms with Gasteiger partial charge in [0.25, 0.3) is 0 Å². The Morgan fingerprint density at radius 3 is 2.71 bits per heavy atom. The maximum absolute atomic E-state index is 5.85. The van der Waals surface area contributed by atoms with Crippen LogP contribution in [0.1, 0.15) is 11.6 Å². The molecule has 0 saturated heterocycles. The van der Waals surface area contributed by atoms with Crippen LogP contribution in [0.25, 0.3) is 0 Å². The van der Waals surface area contributed by atoms with Crippen molar-refractivity contribution in [2.24, 2.45) is 5.73 Å². The second-order valence-electron chi connectivity index (χ2n) is 4.00. The quantitative estimate of drug-likeness (QED) is 0.777. The number of nitrogens with two attached hydrogens (primary N) is 1. The van der Waals surface area contributed by atoms with Crippen LogP contribution in [0.4, 0.5) is 0 Å². The van der Waals surface area contributed by atoms with E-state index in [-0.39, 0.29) is 6.04 Å². The molecule has 1 rings (SSSR count). The molecule has 0 aliphatic carbocycles. The fraction of sp³-hybridized carbons (Fsp3) is 0.538. The molecule has 1 atom stereocenters. The highest BCUT2D eigenvalue weighted by Crippen LogP contribution is 2.22. The van der Waals surface area contributed by atoms with Crippen molar-refractivity contribution in [1.82, 2.24) is 4.90 Å². The van der Waals surface area contributed by atoms with Crippen LogP contribution >= 0.6 is 0 Å². The van der Waals surface area contributed by atoms with E-state index in [9.17, 15) is 0 Å². The Labute approximate surface area is 103 Å². The zero-order chi connectivity index (χ0) is 12.7. The van der Waals surface area contributed by atoms with Gasteiger partial charge in [0.05, 0.1) is 13.7 Å². The Bertz CT molecular complexity index is 331. The van der Waals surface area contributed by atoms with E-state index in [0.29, 0.717) is 13.2 Å². The second-order valence-corrected chi connectivity index (χ2v) is 4.00. The molecule has 0 fully saturated rings. The molecule has 0 aromatic heterocycles. The zero-order valence-corrected chi connectivity index (χ0v) is 10.8. The predicted molar refractivity (Wildman–Crippen MR) is 69.3 cm³/mol.